The molecule has 170 valence electrons. The Kier molecular flexibility index (Phi) is 6.33. The van der Waals surface area contributed by atoms with Gasteiger partial charge in [0.2, 0.25) is 5.95 Å². The SMILES string of the molecule is COc1cc(N2CCOCC2)ccc1Nc1nc(CCN2CCOCC2)c2[nH]cnc2n1. The molecular formula is C22H29N7O3. The molecule has 2 aliphatic rings. The number of hydrogen-bond acceptors (Lipinski definition) is 9. The van der Waals surface area contributed by atoms with E-state index in [0.717, 1.165) is 93.9 Å². The quantitative estimate of drug-likeness (QED) is 0.571. The molecule has 0 radical (unpaired) electrons. The summed E-state index contributed by atoms with van der Waals surface area (Å²) < 4.78 is 16.6. The molecule has 10 nitrogen and oxygen atoms in total. The molecule has 0 bridgehead atoms. The van der Waals surface area contributed by atoms with Crippen LogP contribution in [0.3, 0.4) is 0 Å². The summed E-state index contributed by atoms with van der Waals surface area (Å²) in [4.78, 5) is 21.6. The van der Waals surface area contributed by atoms with E-state index in [9.17, 15) is 0 Å². The minimum Gasteiger partial charge on any atom is -0.494 e. The van der Waals surface area contributed by atoms with E-state index in [2.05, 4.69) is 36.1 Å². The Bertz CT molecular complexity index is 1050. The van der Waals surface area contributed by atoms with Crippen LogP contribution in [0.5, 0.6) is 5.75 Å². The number of H-pyrrole nitrogens is 1. The highest BCUT2D eigenvalue weighted by atomic mass is 16.5. The molecule has 32 heavy (non-hydrogen) atoms. The molecule has 0 spiro atoms. The Balaban J connectivity index is 1.36. The average Bonchev–Trinajstić information content (AvgIpc) is 3.33. The maximum Gasteiger partial charge on any atom is 0.229 e. The number of nitrogens with zero attached hydrogens (tertiary/aromatic N) is 5. The van der Waals surface area contributed by atoms with Gasteiger partial charge < -0.3 is 29.4 Å². The first-order valence-corrected chi connectivity index (χ1v) is 11.1. The fourth-order valence-corrected chi connectivity index (χ4v) is 4.14. The van der Waals surface area contributed by atoms with Crippen LogP contribution in [-0.4, -0.2) is 91.1 Å². The lowest BCUT2D eigenvalue weighted by molar-refractivity contribution is 0.0384. The Hall–Kier alpha value is -2.95. The van der Waals surface area contributed by atoms with Crippen molar-refractivity contribution in [3.05, 3.63) is 30.2 Å². The first kappa shape index (κ1) is 20.9. The summed E-state index contributed by atoms with van der Waals surface area (Å²) in [6.07, 6.45) is 2.47. The smallest absolute Gasteiger partial charge is 0.229 e. The molecule has 0 atom stereocenters. The first-order chi connectivity index (χ1) is 15.8. The summed E-state index contributed by atoms with van der Waals surface area (Å²) in [7, 11) is 1.68. The maximum atomic E-state index is 5.66. The van der Waals surface area contributed by atoms with Gasteiger partial charge in [0.25, 0.3) is 0 Å². The topological polar surface area (TPSA) is 101 Å². The number of imidazole rings is 1. The zero-order valence-electron chi connectivity index (χ0n) is 18.3. The van der Waals surface area contributed by atoms with Crippen LogP contribution in [0.1, 0.15) is 5.69 Å². The lowest BCUT2D eigenvalue weighted by Crippen LogP contribution is -2.37. The number of nitrogens with one attached hydrogen (secondary N) is 2. The van der Waals surface area contributed by atoms with E-state index in [1.165, 1.54) is 0 Å². The van der Waals surface area contributed by atoms with Crippen molar-refractivity contribution in [3.8, 4) is 5.75 Å². The van der Waals surface area contributed by atoms with Crippen molar-refractivity contribution in [2.24, 2.45) is 0 Å². The van der Waals surface area contributed by atoms with Crippen molar-refractivity contribution < 1.29 is 14.2 Å². The highest BCUT2D eigenvalue weighted by molar-refractivity contribution is 5.76. The van der Waals surface area contributed by atoms with E-state index < -0.39 is 0 Å². The van der Waals surface area contributed by atoms with Gasteiger partial charge in [-0.1, -0.05) is 0 Å². The molecule has 5 rings (SSSR count). The van der Waals surface area contributed by atoms with Gasteiger partial charge in [-0.25, -0.2) is 9.97 Å². The van der Waals surface area contributed by atoms with Crippen LogP contribution in [-0.2, 0) is 15.9 Å². The molecular weight excluding hydrogens is 410 g/mol. The van der Waals surface area contributed by atoms with Gasteiger partial charge >= 0.3 is 0 Å². The van der Waals surface area contributed by atoms with E-state index in [1.807, 2.05) is 12.1 Å². The van der Waals surface area contributed by atoms with Gasteiger partial charge in [0.15, 0.2) is 5.65 Å². The number of morpholine rings is 2. The number of benzene rings is 1. The molecule has 1 aromatic carbocycles. The van der Waals surface area contributed by atoms with Crippen molar-refractivity contribution in [2.45, 2.75) is 6.42 Å². The fourth-order valence-electron chi connectivity index (χ4n) is 4.14. The van der Waals surface area contributed by atoms with Crippen LogP contribution in [0.15, 0.2) is 24.5 Å². The summed E-state index contributed by atoms with van der Waals surface area (Å²) in [6, 6.07) is 6.14. The maximum absolute atomic E-state index is 5.66. The minimum absolute atomic E-state index is 0.513. The van der Waals surface area contributed by atoms with Gasteiger partial charge in [0, 0.05) is 50.9 Å². The third kappa shape index (κ3) is 4.62. The number of rotatable bonds is 7. The van der Waals surface area contributed by atoms with E-state index in [-0.39, 0.29) is 0 Å². The zero-order valence-corrected chi connectivity index (χ0v) is 18.3. The predicted octanol–water partition coefficient (Wildman–Crippen LogP) is 1.82. The second kappa shape index (κ2) is 9.68. The standard InChI is InChI=1S/C22H29N7O3/c1-30-19-14-16(29-8-12-32-13-9-29)2-3-17(19)25-22-26-18(20-21(27-22)24-15-23-20)4-5-28-6-10-31-11-7-28/h2-3,14-15H,4-13H2,1H3,(H2,23,24,25,26,27). The van der Waals surface area contributed by atoms with E-state index >= 15 is 0 Å². The molecule has 2 fully saturated rings. The van der Waals surface area contributed by atoms with Crippen molar-refractivity contribution in [3.63, 3.8) is 0 Å². The number of hydrogen-bond donors (Lipinski definition) is 2. The highest BCUT2D eigenvalue weighted by Crippen LogP contribution is 2.32. The van der Waals surface area contributed by atoms with Crippen LogP contribution in [0.25, 0.3) is 11.2 Å². The molecule has 4 heterocycles. The van der Waals surface area contributed by atoms with Crippen LogP contribution in [0, 0.1) is 0 Å². The number of aromatic nitrogens is 4. The Morgan fingerprint density at radius 2 is 1.84 bits per heavy atom. The van der Waals surface area contributed by atoms with Crippen molar-refractivity contribution >= 4 is 28.5 Å². The summed E-state index contributed by atoms with van der Waals surface area (Å²) in [5.74, 6) is 1.26. The Morgan fingerprint density at radius 1 is 1.06 bits per heavy atom. The van der Waals surface area contributed by atoms with Crippen LogP contribution < -0.4 is 15.0 Å². The third-order valence-electron chi connectivity index (χ3n) is 5.94. The predicted molar refractivity (Wildman–Crippen MR) is 122 cm³/mol. The highest BCUT2D eigenvalue weighted by Gasteiger charge is 2.17. The molecule has 3 aromatic rings. The van der Waals surface area contributed by atoms with Crippen LogP contribution >= 0.6 is 0 Å². The van der Waals surface area contributed by atoms with Gasteiger partial charge in [0.05, 0.1) is 51.2 Å². The van der Waals surface area contributed by atoms with E-state index in [1.54, 1.807) is 13.4 Å². The van der Waals surface area contributed by atoms with Gasteiger partial charge in [0.1, 0.15) is 11.3 Å². The van der Waals surface area contributed by atoms with E-state index in [0.29, 0.717) is 11.6 Å². The number of fused-ring (bicyclic) bond motifs is 1. The second-order valence-corrected chi connectivity index (χ2v) is 7.91. The second-order valence-electron chi connectivity index (χ2n) is 7.91. The molecule has 10 heteroatoms. The van der Waals surface area contributed by atoms with E-state index in [4.69, 9.17) is 19.2 Å². The van der Waals surface area contributed by atoms with Gasteiger partial charge in [-0.3, -0.25) is 4.90 Å². The first-order valence-electron chi connectivity index (χ1n) is 11.1. The van der Waals surface area contributed by atoms with Gasteiger partial charge in [-0.15, -0.1) is 0 Å². The minimum atomic E-state index is 0.513. The van der Waals surface area contributed by atoms with Crippen LogP contribution in [0.2, 0.25) is 0 Å². The third-order valence-corrected chi connectivity index (χ3v) is 5.94. The average molecular weight is 440 g/mol. The summed E-state index contributed by atoms with van der Waals surface area (Å²) in [6.45, 7) is 7.64. The van der Waals surface area contributed by atoms with Crippen LogP contribution in [0.4, 0.5) is 17.3 Å². The van der Waals surface area contributed by atoms with Gasteiger partial charge in [-0.2, -0.15) is 4.98 Å². The molecule has 0 saturated carbocycles. The molecule has 0 unspecified atom stereocenters. The number of methoxy groups -OCH3 is 1. The molecule has 2 saturated heterocycles. The van der Waals surface area contributed by atoms with Crippen molar-refractivity contribution in [1.29, 1.82) is 0 Å². The fraction of sp³-hybridized carbons (Fsp3) is 0.500. The normalized spacial score (nSPS) is 17.6. The number of aromatic amines is 1. The van der Waals surface area contributed by atoms with Crippen molar-refractivity contribution in [2.75, 3.05) is 76.5 Å². The molecule has 0 amide bonds. The summed E-state index contributed by atoms with van der Waals surface area (Å²) in [5, 5.41) is 3.34. The molecule has 2 aliphatic heterocycles. The lowest BCUT2D eigenvalue weighted by Gasteiger charge is -2.29. The van der Waals surface area contributed by atoms with Crippen molar-refractivity contribution in [1.82, 2.24) is 24.8 Å². The molecule has 2 N–H and O–H groups in total. The molecule has 2 aromatic heterocycles. The summed E-state index contributed by atoms with van der Waals surface area (Å²) >= 11 is 0. The van der Waals surface area contributed by atoms with Gasteiger partial charge in [-0.05, 0) is 12.1 Å². The number of anilines is 3. The Morgan fingerprint density at radius 3 is 2.62 bits per heavy atom. The Labute approximate surface area is 186 Å². The summed E-state index contributed by atoms with van der Waals surface area (Å²) in [5.41, 5.74) is 4.43. The molecule has 0 aliphatic carbocycles. The lowest BCUT2D eigenvalue weighted by atomic mass is 10.2. The largest absolute Gasteiger partial charge is 0.494 e. The monoisotopic (exact) mass is 439 g/mol. The zero-order chi connectivity index (χ0) is 21.8. The number of ether oxygens (including phenoxy) is 3.